The fourth-order valence-corrected chi connectivity index (χ4v) is 1.38. The molecule has 0 fully saturated rings. The summed E-state index contributed by atoms with van der Waals surface area (Å²) in [6.45, 7) is 9.27. The molecule has 0 aliphatic heterocycles. The Labute approximate surface area is 78.5 Å². The minimum Gasteiger partial charge on any atom is -0.249 e. The van der Waals surface area contributed by atoms with Crippen LogP contribution < -0.4 is 0 Å². The maximum absolute atomic E-state index is 4.10. The molecule has 0 bridgehead atoms. The van der Waals surface area contributed by atoms with Gasteiger partial charge in [0, 0.05) is 11.1 Å². The predicted octanol–water partition coefficient (Wildman–Crippen LogP) is 3.68. The molecule has 1 nitrogen and oxygen atoms in total. The van der Waals surface area contributed by atoms with Gasteiger partial charge in [-0.25, -0.2) is 4.98 Å². The Kier molecular flexibility index (Phi) is 6.29. The van der Waals surface area contributed by atoms with Gasteiger partial charge in [0.05, 0.1) is 5.01 Å². The van der Waals surface area contributed by atoms with Gasteiger partial charge >= 0.3 is 0 Å². The van der Waals surface area contributed by atoms with Crippen molar-refractivity contribution in [3.63, 3.8) is 0 Å². The van der Waals surface area contributed by atoms with Crippen molar-refractivity contribution in [2.45, 2.75) is 20.8 Å². The molecular weight excluding hydrogens is 166 g/mol. The van der Waals surface area contributed by atoms with E-state index in [2.05, 4.69) is 17.6 Å². The van der Waals surface area contributed by atoms with Crippen LogP contribution in [0.3, 0.4) is 0 Å². The van der Waals surface area contributed by atoms with Crippen molar-refractivity contribution in [1.29, 1.82) is 0 Å². The Bertz CT molecular complexity index is 248. The average Bonchev–Trinajstić information content (AvgIpc) is 2.38. The summed E-state index contributed by atoms with van der Waals surface area (Å²) in [5, 5.41) is 1.13. The number of aromatic nitrogens is 1. The monoisotopic (exact) mass is 181 g/mol. The van der Waals surface area contributed by atoms with Crippen LogP contribution in [0.5, 0.6) is 0 Å². The average molecular weight is 181 g/mol. The highest BCUT2D eigenvalue weighted by atomic mass is 32.1. The molecule has 0 spiro atoms. The van der Waals surface area contributed by atoms with Gasteiger partial charge in [-0.05, 0) is 26.8 Å². The highest BCUT2D eigenvalue weighted by molar-refractivity contribution is 7.12. The van der Waals surface area contributed by atoms with Crippen molar-refractivity contribution in [3.8, 4) is 0 Å². The highest BCUT2D eigenvalue weighted by Crippen LogP contribution is 2.12. The van der Waals surface area contributed by atoms with Gasteiger partial charge in [0.25, 0.3) is 0 Å². The van der Waals surface area contributed by atoms with E-state index in [1.807, 2.05) is 33.0 Å². The summed E-state index contributed by atoms with van der Waals surface area (Å²) in [4.78, 5) is 5.33. The van der Waals surface area contributed by atoms with Crippen molar-refractivity contribution in [1.82, 2.24) is 4.98 Å². The summed E-state index contributed by atoms with van der Waals surface area (Å²) in [7, 11) is 0. The molecule has 0 unspecified atom stereocenters. The maximum Gasteiger partial charge on any atom is 0.0900 e. The molecule has 0 aromatic carbocycles. The first-order chi connectivity index (χ1) is 5.74. The number of allylic oxidation sites excluding steroid dienone is 2. The van der Waals surface area contributed by atoms with Gasteiger partial charge in [-0.2, -0.15) is 0 Å². The Morgan fingerprint density at radius 2 is 2.08 bits per heavy atom. The fourth-order valence-electron chi connectivity index (χ4n) is 0.619. The molecule has 1 aromatic rings. The summed E-state index contributed by atoms with van der Waals surface area (Å²) in [6.07, 6.45) is 7.72. The summed E-state index contributed by atoms with van der Waals surface area (Å²) >= 11 is 1.71. The maximum atomic E-state index is 4.10. The first-order valence-corrected chi connectivity index (χ1v) is 4.68. The topological polar surface area (TPSA) is 12.9 Å². The number of hydrogen-bond donors (Lipinski definition) is 0. The third-order valence-corrected chi connectivity index (χ3v) is 1.85. The van der Waals surface area contributed by atoms with Crippen molar-refractivity contribution in [3.05, 3.63) is 34.8 Å². The molecule has 66 valence electrons. The SMILES string of the molecule is C/C=C\c1cnc(C)s1.C=CC. The van der Waals surface area contributed by atoms with E-state index < -0.39 is 0 Å². The zero-order valence-corrected chi connectivity index (χ0v) is 8.69. The molecule has 0 saturated heterocycles. The van der Waals surface area contributed by atoms with Crippen LogP contribution in [0.1, 0.15) is 23.7 Å². The van der Waals surface area contributed by atoms with Gasteiger partial charge in [0.1, 0.15) is 0 Å². The summed E-state index contributed by atoms with van der Waals surface area (Å²) in [5.74, 6) is 0. The molecule has 1 aromatic heterocycles. The van der Waals surface area contributed by atoms with E-state index >= 15 is 0 Å². The lowest BCUT2D eigenvalue weighted by molar-refractivity contribution is 1.30. The van der Waals surface area contributed by atoms with E-state index in [0.717, 1.165) is 5.01 Å². The van der Waals surface area contributed by atoms with Crippen LogP contribution in [0.4, 0.5) is 0 Å². The van der Waals surface area contributed by atoms with Gasteiger partial charge in [-0.3, -0.25) is 0 Å². The summed E-state index contributed by atoms with van der Waals surface area (Å²) in [5.41, 5.74) is 0. The Morgan fingerprint density at radius 3 is 2.42 bits per heavy atom. The molecule has 0 aliphatic carbocycles. The Morgan fingerprint density at radius 1 is 1.50 bits per heavy atom. The second-order valence-electron chi connectivity index (χ2n) is 2.19. The second-order valence-corrected chi connectivity index (χ2v) is 3.46. The van der Waals surface area contributed by atoms with Gasteiger partial charge < -0.3 is 0 Å². The molecule has 0 radical (unpaired) electrons. The Balaban J connectivity index is 0.000000354. The molecule has 0 saturated carbocycles. The standard InChI is InChI=1S/C7H9NS.C3H6/c1-3-4-7-5-8-6(2)9-7;1-3-2/h3-5H,1-2H3;3H,1H2,2H3/b4-3-;. The lowest BCUT2D eigenvalue weighted by atomic mass is 10.5. The molecule has 1 heterocycles. The number of nitrogens with zero attached hydrogens (tertiary/aromatic N) is 1. The minimum absolute atomic E-state index is 1.13. The van der Waals surface area contributed by atoms with Crippen LogP contribution >= 0.6 is 11.3 Å². The molecule has 1 rings (SSSR count). The van der Waals surface area contributed by atoms with Crippen LogP contribution in [-0.2, 0) is 0 Å². The van der Waals surface area contributed by atoms with Crippen molar-refractivity contribution < 1.29 is 0 Å². The van der Waals surface area contributed by atoms with E-state index in [-0.39, 0.29) is 0 Å². The van der Waals surface area contributed by atoms with Crippen LogP contribution in [0, 0.1) is 6.92 Å². The number of hydrogen-bond acceptors (Lipinski definition) is 2. The molecule has 12 heavy (non-hydrogen) atoms. The van der Waals surface area contributed by atoms with Gasteiger partial charge in [0.2, 0.25) is 0 Å². The third kappa shape index (κ3) is 4.85. The summed E-state index contributed by atoms with van der Waals surface area (Å²) < 4.78 is 0. The summed E-state index contributed by atoms with van der Waals surface area (Å²) in [6, 6.07) is 0. The number of aryl methyl sites for hydroxylation is 1. The van der Waals surface area contributed by atoms with Crippen molar-refractivity contribution in [2.24, 2.45) is 0 Å². The van der Waals surface area contributed by atoms with E-state index in [0.29, 0.717) is 0 Å². The van der Waals surface area contributed by atoms with Crippen molar-refractivity contribution in [2.75, 3.05) is 0 Å². The third-order valence-electron chi connectivity index (χ3n) is 0.970. The van der Waals surface area contributed by atoms with Crippen molar-refractivity contribution >= 4 is 17.4 Å². The lowest BCUT2D eigenvalue weighted by Crippen LogP contribution is -1.57. The second kappa shape index (κ2) is 6.80. The molecule has 0 amide bonds. The number of thiazole rings is 1. The molecule has 2 heteroatoms. The van der Waals surface area contributed by atoms with Gasteiger partial charge in [0.15, 0.2) is 0 Å². The van der Waals surface area contributed by atoms with E-state index in [1.165, 1.54) is 4.88 Å². The van der Waals surface area contributed by atoms with Gasteiger partial charge in [-0.15, -0.1) is 17.9 Å². The predicted molar refractivity (Wildman–Crippen MR) is 57.4 cm³/mol. The van der Waals surface area contributed by atoms with E-state index in [4.69, 9.17) is 0 Å². The molecule has 0 N–H and O–H groups in total. The minimum atomic E-state index is 1.13. The van der Waals surface area contributed by atoms with Crippen LogP contribution in [0.2, 0.25) is 0 Å². The quantitative estimate of drug-likeness (QED) is 0.602. The van der Waals surface area contributed by atoms with Crippen LogP contribution in [0.15, 0.2) is 24.9 Å². The smallest absolute Gasteiger partial charge is 0.0900 e. The number of rotatable bonds is 1. The largest absolute Gasteiger partial charge is 0.249 e. The highest BCUT2D eigenvalue weighted by Gasteiger charge is 1.89. The first kappa shape index (κ1) is 11.1. The first-order valence-electron chi connectivity index (χ1n) is 3.86. The zero-order chi connectivity index (χ0) is 9.40. The Hall–Kier alpha value is -0.890. The van der Waals surface area contributed by atoms with Crippen LogP contribution in [0.25, 0.3) is 6.08 Å². The molecular formula is C10H15NS. The normalized spacial score (nSPS) is 9.25. The molecule has 0 aliphatic rings. The van der Waals surface area contributed by atoms with E-state index in [1.54, 1.807) is 17.4 Å². The fraction of sp³-hybridized carbons (Fsp3) is 0.300. The lowest BCUT2D eigenvalue weighted by Gasteiger charge is -1.75. The van der Waals surface area contributed by atoms with E-state index in [9.17, 15) is 0 Å². The van der Waals surface area contributed by atoms with Crippen LogP contribution in [-0.4, -0.2) is 4.98 Å². The molecule has 0 atom stereocenters. The van der Waals surface area contributed by atoms with Gasteiger partial charge in [-0.1, -0.05) is 12.2 Å². The zero-order valence-electron chi connectivity index (χ0n) is 7.87.